The molecule has 0 saturated carbocycles. The molecular weight excluding hydrogens is 361 g/mol. The molecule has 2 heterocycles. The monoisotopic (exact) mass is 401 g/mol. The summed E-state index contributed by atoms with van der Waals surface area (Å²) in [5, 5.41) is 0. The molecule has 0 N–H and O–H groups in total. The fourth-order valence-electron chi connectivity index (χ4n) is 3.94. The third kappa shape index (κ3) is 6.47. The van der Waals surface area contributed by atoms with E-state index in [9.17, 15) is 4.57 Å². The summed E-state index contributed by atoms with van der Waals surface area (Å²) in [5.41, 5.74) is -0.460. The molecule has 0 aromatic rings. The van der Waals surface area contributed by atoms with Crippen LogP contribution in [-0.4, -0.2) is 66.4 Å². The normalized spacial score (nSPS) is 29.8. The summed E-state index contributed by atoms with van der Waals surface area (Å²) in [6.07, 6.45) is 2.55. The lowest BCUT2D eigenvalue weighted by molar-refractivity contribution is -0.0571. The summed E-state index contributed by atoms with van der Waals surface area (Å²) in [7, 11) is 0.742. The number of rotatable bonds is 4. The zero-order chi connectivity index (χ0) is 20.6. The van der Waals surface area contributed by atoms with Gasteiger partial charge in [-0.1, -0.05) is 20.8 Å². The second kappa shape index (κ2) is 8.04. The predicted octanol–water partition coefficient (Wildman–Crippen LogP) is 4.60. The van der Waals surface area contributed by atoms with Gasteiger partial charge in [0.1, 0.15) is 0 Å². The number of nitrogens with zero attached hydrogens (tertiary/aromatic N) is 3. The van der Waals surface area contributed by atoms with Crippen molar-refractivity contribution in [1.82, 2.24) is 9.80 Å². The molecule has 0 aromatic carbocycles. The van der Waals surface area contributed by atoms with Gasteiger partial charge in [-0.3, -0.25) is 4.57 Å². The van der Waals surface area contributed by atoms with Gasteiger partial charge in [0.05, 0.1) is 23.5 Å². The van der Waals surface area contributed by atoms with Gasteiger partial charge in [0.15, 0.2) is 0 Å². The van der Waals surface area contributed by atoms with Gasteiger partial charge in [-0.2, -0.15) is 4.76 Å². The Labute approximate surface area is 166 Å². The third-order valence-corrected chi connectivity index (χ3v) is 7.56. The molecule has 0 aromatic heterocycles. The maximum absolute atomic E-state index is 14.2. The first-order valence-electron chi connectivity index (χ1n) is 10.2. The molecule has 0 radical (unpaired) electrons. The topological polar surface area (TPSA) is 54.4 Å². The van der Waals surface area contributed by atoms with Crippen molar-refractivity contribution in [3.05, 3.63) is 0 Å². The molecule has 0 amide bonds. The highest BCUT2D eigenvalue weighted by molar-refractivity contribution is 7.58. The molecule has 0 spiro atoms. The molecule has 2 fully saturated rings. The Morgan fingerprint density at radius 2 is 1.67 bits per heavy atom. The summed E-state index contributed by atoms with van der Waals surface area (Å²) in [4.78, 5) is 4.13. The van der Waals surface area contributed by atoms with Crippen LogP contribution in [0.1, 0.15) is 67.7 Å². The van der Waals surface area contributed by atoms with Crippen molar-refractivity contribution >= 4 is 13.5 Å². The number of hydrogen-bond donors (Lipinski definition) is 0. The van der Waals surface area contributed by atoms with E-state index in [1.54, 1.807) is 0 Å². The van der Waals surface area contributed by atoms with Crippen LogP contribution in [0.5, 0.6) is 0 Å². The minimum atomic E-state index is -3.26. The average Bonchev–Trinajstić information content (AvgIpc) is 2.74. The van der Waals surface area contributed by atoms with Crippen LogP contribution in [0.25, 0.3) is 0 Å². The summed E-state index contributed by atoms with van der Waals surface area (Å²) in [6.45, 7) is 16.4. The lowest BCUT2D eigenvalue weighted by Gasteiger charge is -2.40. The summed E-state index contributed by atoms with van der Waals surface area (Å²) < 4.78 is 31.4. The van der Waals surface area contributed by atoms with Crippen molar-refractivity contribution in [1.29, 1.82) is 0 Å². The fourth-order valence-corrected chi connectivity index (χ4v) is 6.70. The van der Waals surface area contributed by atoms with E-state index in [0.29, 0.717) is 0 Å². The maximum atomic E-state index is 14.2. The molecule has 0 aliphatic carbocycles. The number of hydrogen-bond acceptors (Lipinski definition) is 3. The first-order chi connectivity index (χ1) is 12.2. The highest BCUT2D eigenvalue weighted by Crippen LogP contribution is 2.61. The van der Waals surface area contributed by atoms with Crippen LogP contribution in [0.15, 0.2) is 4.76 Å². The minimum Gasteiger partial charge on any atom is -0.375 e. The Morgan fingerprint density at radius 3 is 2.15 bits per heavy atom. The summed E-state index contributed by atoms with van der Waals surface area (Å²) >= 11 is 0. The van der Waals surface area contributed by atoms with E-state index < -0.39 is 13.1 Å². The molecular formula is C20H40N3O3P. The van der Waals surface area contributed by atoms with Gasteiger partial charge in [-0.25, -0.2) is 0 Å². The summed E-state index contributed by atoms with van der Waals surface area (Å²) in [5.74, 6) is 0.772. The molecule has 4 atom stereocenters. The van der Waals surface area contributed by atoms with Crippen LogP contribution in [0.4, 0.5) is 0 Å². The zero-order valence-electron chi connectivity index (χ0n) is 18.8. The minimum absolute atomic E-state index is 0.0623. The van der Waals surface area contributed by atoms with Gasteiger partial charge in [0.2, 0.25) is 5.96 Å². The first kappa shape index (κ1) is 22.7. The van der Waals surface area contributed by atoms with E-state index in [1.807, 2.05) is 34.9 Å². The van der Waals surface area contributed by atoms with Crippen LogP contribution in [-0.2, 0) is 13.8 Å². The predicted molar refractivity (Wildman–Crippen MR) is 113 cm³/mol. The van der Waals surface area contributed by atoms with Gasteiger partial charge >= 0.3 is 7.52 Å². The highest BCUT2D eigenvalue weighted by Gasteiger charge is 2.45. The Hall–Kier alpha value is -0.580. The molecule has 158 valence electrons. The number of ether oxygens (including phenoxy) is 1. The smallest absolute Gasteiger partial charge is 0.321 e. The van der Waals surface area contributed by atoms with E-state index in [2.05, 4.69) is 37.5 Å². The van der Waals surface area contributed by atoms with Crippen LogP contribution in [0, 0.1) is 5.41 Å². The molecule has 2 saturated heterocycles. The third-order valence-electron chi connectivity index (χ3n) is 4.95. The van der Waals surface area contributed by atoms with Crippen molar-refractivity contribution in [2.75, 3.05) is 27.2 Å². The van der Waals surface area contributed by atoms with Crippen molar-refractivity contribution in [2.45, 2.75) is 91.2 Å². The van der Waals surface area contributed by atoms with Gasteiger partial charge in [-0.05, 0) is 52.4 Å². The molecule has 27 heavy (non-hydrogen) atoms. The van der Waals surface area contributed by atoms with Crippen LogP contribution in [0.2, 0.25) is 0 Å². The molecule has 2 aliphatic heterocycles. The standard InChI is InChI=1S/C20H40N3O3P/c1-15-12-17(13-16(25-15)14-19(2,3)4)27(24,26-20(5,6)7)21-18-22(8)10-11-23(18)9/h15-17H,10-14H2,1-9H3/t15-,16-,17?,27?/m0/s1. The number of guanidine groups is 1. The van der Waals surface area contributed by atoms with E-state index >= 15 is 0 Å². The Bertz CT molecular complexity index is 582. The van der Waals surface area contributed by atoms with Crippen molar-refractivity contribution in [3.8, 4) is 0 Å². The molecule has 2 unspecified atom stereocenters. The van der Waals surface area contributed by atoms with Crippen LogP contribution >= 0.6 is 7.52 Å². The molecule has 2 aliphatic rings. The van der Waals surface area contributed by atoms with Crippen LogP contribution < -0.4 is 0 Å². The van der Waals surface area contributed by atoms with Crippen molar-refractivity contribution in [3.63, 3.8) is 0 Å². The lowest BCUT2D eigenvalue weighted by Crippen LogP contribution is -2.38. The van der Waals surface area contributed by atoms with Crippen molar-refractivity contribution < 1.29 is 13.8 Å². The van der Waals surface area contributed by atoms with Gasteiger partial charge in [0.25, 0.3) is 0 Å². The fraction of sp³-hybridized carbons (Fsp3) is 0.950. The van der Waals surface area contributed by atoms with E-state index in [4.69, 9.17) is 14.0 Å². The van der Waals surface area contributed by atoms with E-state index in [0.717, 1.165) is 38.3 Å². The van der Waals surface area contributed by atoms with Gasteiger partial charge in [-0.15, -0.1) is 0 Å². The quantitative estimate of drug-likeness (QED) is 0.645. The van der Waals surface area contributed by atoms with Gasteiger partial charge in [0, 0.05) is 27.2 Å². The van der Waals surface area contributed by atoms with Gasteiger partial charge < -0.3 is 19.1 Å². The Morgan fingerprint density at radius 1 is 1.11 bits per heavy atom. The van der Waals surface area contributed by atoms with Crippen LogP contribution in [0.3, 0.4) is 0 Å². The van der Waals surface area contributed by atoms with Crippen molar-refractivity contribution in [2.24, 2.45) is 10.2 Å². The summed E-state index contributed by atoms with van der Waals surface area (Å²) in [6, 6.07) is 0. The molecule has 7 heteroatoms. The Balaban J connectivity index is 2.35. The largest absolute Gasteiger partial charge is 0.375 e. The average molecular weight is 402 g/mol. The second-order valence-electron chi connectivity index (χ2n) is 10.5. The zero-order valence-corrected chi connectivity index (χ0v) is 19.7. The molecule has 6 nitrogen and oxygen atoms in total. The number of likely N-dealkylation sites (N-methyl/N-ethyl adjacent to an activating group) is 2. The van der Waals surface area contributed by atoms with E-state index in [-0.39, 0.29) is 23.3 Å². The molecule has 0 bridgehead atoms. The van der Waals surface area contributed by atoms with E-state index in [1.165, 1.54) is 0 Å². The maximum Gasteiger partial charge on any atom is 0.321 e. The first-order valence-corrected chi connectivity index (χ1v) is 11.8. The second-order valence-corrected chi connectivity index (χ2v) is 12.7. The lowest BCUT2D eigenvalue weighted by atomic mass is 9.86. The molecule has 2 rings (SSSR count). The highest BCUT2D eigenvalue weighted by atomic mass is 31.2. The SMILES string of the molecule is C[C@H]1CC(P(=O)(N=C2N(C)CCN2C)OC(C)(C)C)C[C@@H](CC(C)(C)C)O1. The Kier molecular flexibility index (Phi) is 6.76.